The van der Waals surface area contributed by atoms with Crippen LogP contribution >= 0.6 is 0 Å². The van der Waals surface area contributed by atoms with E-state index < -0.39 is 0 Å². The second-order valence-corrected chi connectivity index (χ2v) is 4.13. The molecule has 0 aliphatic heterocycles. The Morgan fingerprint density at radius 1 is 1.33 bits per heavy atom. The molecule has 5 heteroatoms. The molecule has 0 spiro atoms. The Bertz CT molecular complexity index is 495. The lowest BCUT2D eigenvalue weighted by Crippen LogP contribution is -2.17. The fourth-order valence-corrected chi connectivity index (χ4v) is 1.79. The van der Waals surface area contributed by atoms with Gasteiger partial charge in [0.2, 0.25) is 0 Å². The molecule has 0 amide bonds. The maximum Gasteiger partial charge on any atom is 0.140 e. The Morgan fingerprint density at radius 3 is 3.00 bits per heavy atom. The second-order valence-electron chi connectivity index (χ2n) is 4.13. The maximum absolute atomic E-state index is 13.0. The number of nitrogens with one attached hydrogen (secondary N) is 1. The zero-order valence-electron chi connectivity index (χ0n) is 10.4. The fourth-order valence-electron chi connectivity index (χ4n) is 1.79. The number of hydrogen-bond acceptors (Lipinski definition) is 3. The molecule has 0 atom stereocenters. The SMILES string of the molecule is CCCn1ncnc1CNCc1cccc(F)c1. The van der Waals surface area contributed by atoms with Crippen molar-refractivity contribution in [2.75, 3.05) is 0 Å². The molecule has 0 aliphatic carbocycles. The van der Waals surface area contributed by atoms with E-state index in [0.717, 1.165) is 24.4 Å². The minimum Gasteiger partial charge on any atom is -0.306 e. The highest BCUT2D eigenvalue weighted by atomic mass is 19.1. The van der Waals surface area contributed by atoms with Crippen LogP contribution in [-0.4, -0.2) is 14.8 Å². The molecule has 1 aromatic heterocycles. The van der Waals surface area contributed by atoms with Crippen LogP contribution in [0, 0.1) is 5.82 Å². The molecular weight excluding hydrogens is 231 g/mol. The van der Waals surface area contributed by atoms with Gasteiger partial charge >= 0.3 is 0 Å². The van der Waals surface area contributed by atoms with Gasteiger partial charge in [-0.05, 0) is 24.1 Å². The van der Waals surface area contributed by atoms with Crippen molar-refractivity contribution in [2.24, 2.45) is 0 Å². The largest absolute Gasteiger partial charge is 0.306 e. The van der Waals surface area contributed by atoms with E-state index in [0.29, 0.717) is 13.1 Å². The van der Waals surface area contributed by atoms with Crippen LogP contribution in [0.2, 0.25) is 0 Å². The molecule has 0 unspecified atom stereocenters. The molecule has 2 rings (SSSR count). The van der Waals surface area contributed by atoms with Crippen molar-refractivity contribution < 1.29 is 4.39 Å². The van der Waals surface area contributed by atoms with Crippen LogP contribution < -0.4 is 5.32 Å². The van der Waals surface area contributed by atoms with Gasteiger partial charge in [0.1, 0.15) is 18.0 Å². The summed E-state index contributed by atoms with van der Waals surface area (Å²) in [5.74, 6) is 0.705. The molecule has 96 valence electrons. The van der Waals surface area contributed by atoms with Crippen molar-refractivity contribution in [3.05, 3.63) is 47.8 Å². The van der Waals surface area contributed by atoms with Crippen LogP contribution in [0.15, 0.2) is 30.6 Å². The van der Waals surface area contributed by atoms with E-state index in [4.69, 9.17) is 0 Å². The molecule has 0 bridgehead atoms. The highest BCUT2D eigenvalue weighted by Gasteiger charge is 2.02. The summed E-state index contributed by atoms with van der Waals surface area (Å²) in [6, 6.07) is 6.59. The molecule has 0 fully saturated rings. The number of nitrogens with zero attached hydrogens (tertiary/aromatic N) is 3. The van der Waals surface area contributed by atoms with Crippen molar-refractivity contribution in [1.82, 2.24) is 20.1 Å². The molecule has 1 heterocycles. The first-order valence-electron chi connectivity index (χ1n) is 6.11. The first kappa shape index (κ1) is 12.7. The van der Waals surface area contributed by atoms with Gasteiger partial charge < -0.3 is 5.32 Å². The summed E-state index contributed by atoms with van der Waals surface area (Å²) in [7, 11) is 0. The monoisotopic (exact) mass is 248 g/mol. The van der Waals surface area contributed by atoms with E-state index in [2.05, 4.69) is 22.3 Å². The number of rotatable bonds is 6. The standard InChI is InChI=1S/C13H17FN4/c1-2-6-18-13(16-10-17-18)9-15-8-11-4-3-5-12(14)7-11/h3-5,7,10,15H,2,6,8-9H2,1H3. The Balaban J connectivity index is 1.86. The minimum atomic E-state index is -0.205. The summed E-state index contributed by atoms with van der Waals surface area (Å²) in [5, 5.41) is 7.39. The van der Waals surface area contributed by atoms with E-state index in [1.54, 1.807) is 12.4 Å². The third-order valence-corrected chi connectivity index (χ3v) is 2.63. The van der Waals surface area contributed by atoms with E-state index in [9.17, 15) is 4.39 Å². The highest BCUT2D eigenvalue weighted by Crippen LogP contribution is 2.03. The van der Waals surface area contributed by atoms with Crippen molar-refractivity contribution in [1.29, 1.82) is 0 Å². The molecule has 0 radical (unpaired) electrons. The van der Waals surface area contributed by atoms with Crippen LogP contribution in [0.3, 0.4) is 0 Å². The molecule has 1 aromatic carbocycles. The van der Waals surface area contributed by atoms with Crippen LogP contribution in [0.4, 0.5) is 4.39 Å². The van der Waals surface area contributed by atoms with E-state index in [1.807, 2.05) is 10.7 Å². The van der Waals surface area contributed by atoms with Crippen LogP contribution in [0.1, 0.15) is 24.7 Å². The van der Waals surface area contributed by atoms with E-state index in [-0.39, 0.29) is 5.82 Å². The Morgan fingerprint density at radius 2 is 2.22 bits per heavy atom. The van der Waals surface area contributed by atoms with Crippen LogP contribution in [0.25, 0.3) is 0 Å². The topological polar surface area (TPSA) is 42.7 Å². The number of aromatic nitrogens is 3. The number of halogens is 1. The maximum atomic E-state index is 13.0. The quantitative estimate of drug-likeness (QED) is 0.851. The third-order valence-electron chi connectivity index (χ3n) is 2.63. The lowest BCUT2D eigenvalue weighted by molar-refractivity contribution is 0.541. The molecule has 2 aromatic rings. The van der Waals surface area contributed by atoms with Gasteiger partial charge in [0.05, 0.1) is 6.54 Å². The summed E-state index contributed by atoms with van der Waals surface area (Å²) >= 11 is 0. The molecule has 1 N–H and O–H groups in total. The van der Waals surface area contributed by atoms with Gasteiger partial charge in [-0.15, -0.1) is 0 Å². The van der Waals surface area contributed by atoms with Crippen LogP contribution in [0.5, 0.6) is 0 Å². The zero-order valence-corrected chi connectivity index (χ0v) is 10.4. The van der Waals surface area contributed by atoms with Gasteiger partial charge in [0, 0.05) is 13.1 Å². The van der Waals surface area contributed by atoms with Gasteiger partial charge in [0.25, 0.3) is 0 Å². The second kappa shape index (κ2) is 6.26. The van der Waals surface area contributed by atoms with Gasteiger partial charge in [-0.2, -0.15) is 5.10 Å². The molecule has 18 heavy (non-hydrogen) atoms. The lowest BCUT2D eigenvalue weighted by Gasteiger charge is -2.06. The molecule has 4 nitrogen and oxygen atoms in total. The zero-order chi connectivity index (χ0) is 12.8. The molecular formula is C13H17FN4. The summed E-state index contributed by atoms with van der Waals surface area (Å²) in [6.45, 7) is 4.23. The number of benzene rings is 1. The Kier molecular flexibility index (Phi) is 4.41. The molecule has 0 aliphatic rings. The Hall–Kier alpha value is -1.75. The lowest BCUT2D eigenvalue weighted by atomic mass is 10.2. The predicted octanol–water partition coefficient (Wildman–Crippen LogP) is 2.12. The van der Waals surface area contributed by atoms with Crippen molar-refractivity contribution in [3.8, 4) is 0 Å². The van der Waals surface area contributed by atoms with Crippen molar-refractivity contribution >= 4 is 0 Å². The van der Waals surface area contributed by atoms with Gasteiger partial charge in [-0.3, -0.25) is 0 Å². The van der Waals surface area contributed by atoms with Gasteiger partial charge in [-0.25, -0.2) is 14.1 Å². The van der Waals surface area contributed by atoms with E-state index >= 15 is 0 Å². The minimum absolute atomic E-state index is 0.205. The first-order valence-corrected chi connectivity index (χ1v) is 6.11. The van der Waals surface area contributed by atoms with Crippen molar-refractivity contribution in [2.45, 2.75) is 33.0 Å². The third kappa shape index (κ3) is 3.37. The summed E-state index contributed by atoms with van der Waals surface area (Å²) < 4.78 is 14.9. The summed E-state index contributed by atoms with van der Waals surface area (Å²) in [6.07, 6.45) is 2.59. The Labute approximate surface area is 106 Å². The molecule has 0 saturated heterocycles. The average Bonchev–Trinajstić information content (AvgIpc) is 2.78. The predicted molar refractivity (Wildman–Crippen MR) is 67.3 cm³/mol. The first-order chi connectivity index (χ1) is 8.79. The average molecular weight is 248 g/mol. The van der Waals surface area contributed by atoms with Crippen molar-refractivity contribution in [3.63, 3.8) is 0 Å². The fraction of sp³-hybridized carbons (Fsp3) is 0.385. The van der Waals surface area contributed by atoms with Crippen LogP contribution in [-0.2, 0) is 19.6 Å². The summed E-state index contributed by atoms with van der Waals surface area (Å²) in [5.41, 5.74) is 0.927. The smallest absolute Gasteiger partial charge is 0.140 e. The number of hydrogen-bond donors (Lipinski definition) is 1. The number of aryl methyl sites for hydroxylation is 1. The highest BCUT2D eigenvalue weighted by molar-refractivity contribution is 5.15. The molecule has 0 saturated carbocycles. The van der Waals surface area contributed by atoms with E-state index in [1.165, 1.54) is 12.1 Å². The van der Waals surface area contributed by atoms with Gasteiger partial charge in [-0.1, -0.05) is 19.1 Å². The normalized spacial score (nSPS) is 10.8. The van der Waals surface area contributed by atoms with Gasteiger partial charge in [0.15, 0.2) is 0 Å². The summed E-state index contributed by atoms with van der Waals surface area (Å²) in [4.78, 5) is 4.20.